The zero-order valence-electron chi connectivity index (χ0n) is 9.41. The van der Waals surface area contributed by atoms with E-state index in [0.717, 1.165) is 6.07 Å². The monoisotopic (exact) mass is 269 g/mol. The first-order valence-electron chi connectivity index (χ1n) is 5.23. The summed E-state index contributed by atoms with van der Waals surface area (Å²) in [5.41, 5.74) is -1.67. The van der Waals surface area contributed by atoms with E-state index in [4.69, 9.17) is 0 Å². The summed E-state index contributed by atoms with van der Waals surface area (Å²) in [6.45, 7) is 0. The number of hydrogen-bond donors (Lipinski definition) is 0. The Bertz CT molecular complexity index is 608. The van der Waals surface area contributed by atoms with Crippen LogP contribution in [0, 0.1) is 5.95 Å². The molecule has 0 aliphatic heterocycles. The van der Waals surface area contributed by atoms with Crippen molar-refractivity contribution in [3.63, 3.8) is 0 Å². The molecule has 0 saturated heterocycles. The summed E-state index contributed by atoms with van der Waals surface area (Å²) < 4.78 is 50.4. The van der Waals surface area contributed by atoms with Crippen LogP contribution in [0.25, 0.3) is 0 Å². The number of carbonyl (C=O) groups excluding carboxylic acids is 1. The minimum absolute atomic E-state index is 0.183. The molecule has 0 aliphatic carbocycles. The molecule has 2 nitrogen and oxygen atoms in total. The van der Waals surface area contributed by atoms with Gasteiger partial charge in [-0.2, -0.15) is 17.6 Å². The number of rotatable bonds is 2. The maximum Gasteiger partial charge on any atom is 0.433 e. The maximum absolute atomic E-state index is 13.5. The van der Waals surface area contributed by atoms with E-state index in [0.29, 0.717) is 6.07 Å². The lowest BCUT2D eigenvalue weighted by atomic mass is 10.0. The minimum Gasteiger partial charge on any atom is -0.288 e. The summed E-state index contributed by atoms with van der Waals surface area (Å²) >= 11 is 0. The number of aromatic nitrogens is 1. The molecule has 0 fully saturated rings. The zero-order chi connectivity index (χ0) is 14.0. The minimum atomic E-state index is -4.74. The number of alkyl halides is 3. The molecule has 2 aromatic rings. The van der Waals surface area contributed by atoms with Crippen molar-refractivity contribution in [3.8, 4) is 0 Å². The third kappa shape index (κ3) is 2.78. The highest BCUT2D eigenvalue weighted by Gasteiger charge is 2.33. The molecule has 0 aliphatic rings. The molecule has 0 spiro atoms. The largest absolute Gasteiger partial charge is 0.433 e. The van der Waals surface area contributed by atoms with E-state index in [2.05, 4.69) is 4.98 Å². The van der Waals surface area contributed by atoms with Gasteiger partial charge in [-0.25, -0.2) is 4.98 Å². The van der Waals surface area contributed by atoms with Crippen LogP contribution >= 0.6 is 0 Å². The molecule has 98 valence electrons. The van der Waals surface area contributed by atoms with Crippen molar-refractivity contribution in [2.24, 2.45) is 0 Å². The summed E-state index contributed by atoms with van der Waals surface area (Å²) in [7, 11) is 0. The quantitative estimate of drug-likeness (QED) is 0.474. The molecule has 1 aromatic carbocycles. The topological polar surface area (TPSA) is 30.0 Å². The van der Waals surface area contributed by atoms with Crippen molar-refractivity contribution >= 4 is 5.78 Å². The highest BCUT2D eigenvalue weighted by Crippen LogP contribution is 2.28. The van der Waals surface area contributed by atoms with Gasteiger partial charge in [-0.1, -0.05) is 30.3 Å². The van der Waals surface area contributed by atoms with Gasteiger partial charge in [-0.15, -0.1) is 0 Å². The lowest BCUT2D eigenvalue weighted by Crippen LogP contribution is -2.12. The number of benzene rings is 1. The standard InChI is InChI=1S/C13H7F4NO/c14-12-9(6-7-10(18-12)13(15,16)17)11(19)8-4-2-1-3-5-8/h1-7H. The highest BCUT2D eigenvalue weighted by molar-refractivity contribution is 6.08. The van der Waals surface area contributed by atoms with Gasteiger partial charge in [-0.05, 0) is 12.1 Å². The fourth-order valence-corrected chi connectivity index (χ4v) is 1.51. The Balaban J connectivity index is 2.40. The molecule has 0 radical (unpaired) electrons. The van der Waals surface area contributed by atoms with E-state index < -0.39 is 29.2 Å². The third-order valence-electron chi connectivity index (χ3n) is 2.42. The predicted octanol–water partition coefficient (Wildman–Crippen LogP) is 3.47. The van der Waals surface area contributed by atoms with Crippen molar-refractivity contribution in [1.82, 2.24) is 4.98 Å². The van der Waals surface area contributed by atoms with Crippen LogP contribution in [0.5, 0.6) is 0 Å². The van der Waals surface area contributed by atoms with E-state index in [1.165, 1.54) is 12.1 Å². The van der Waals surface area contributed by atoms with Crippen molar-refractivity contribution < 1.29 is 22.4 Å². The van der Waals surface area contributed by atoms with Gasteiger partial charge in [0, 0.05) is 5.56 Å². The van der Waals surface area contributed by atoms with Crippen molar-refractivity contribution in [2.45, 2.75) is 6.18 Å². The highest BCUT2D eigenvalue weighted by atomic mass is 19.4. The van der Waals surface area contributed by atoms with Crippen LogP contribution < -0.4 is 0 Å². The average Bonchev–Trinajstić information content (AvgIpc) is 2.38. The zero-order valence-corrected chi connectivity index (χ0v) is 9.41. The number of nitrogens with zero attached hydrogens (tertiary/aromatic N) is 1. The summed E-state index contributed by atoms with van der Waals surface area (Å²) in [5, 5.41) is 0. The second-order valence-electron chi connectivity index (χ2n) is 3.73. The SMILES string of the molecule is O=C(c1ccccc1)c1ccc(C(F)(F)F)nc1F. The lowest BCUT2D eigenvalue weighted by molar-refractivity contribution is -0.141. The molecule has 0 bridgehead atoms. The Morgan fingerprint density at radius 3 is 2.16 bits per heavy atom. The van der Waals surface area contributed by atoms with Crippen LogP contribution in [0.15, 0.2) is 42.5 Å². The Morgan fingerprint density at radius 2 is 1.63 bits per heavy atom. The van der Waals surface area contributed by atoms with Crippen LogP contribution in [0.2, 0.25) is 0 Å². The van der Waals surface area contributed by atoms with Crippen molar-refractivity contribution in [2.75, 3.05) is 0 Å². The van der Waals surface area contributed by atoms with Crippen LogP contribution in [0.4, 0.5) is 17.6 Å². The Hall–Kier alpha value is -2.24. The van der Waals surface area contributed by atoms with Crippen LogP contribution in [-0.4, -0.2) is 10.8 Å². The number of carbonyl (C=O) groups is 1. The Morgan fingerprint density at radius 1 is 1.00 bits per heavy atom. The fraction of sp³-hybridized carbons (Fsp3) is 0.0769. The smallest absolute Gasteiger partial charge is 0.288 e. The van der Waals surface area contributed by atoms with Crippen LogP contribution in [0.3, 0.4) is 0 Å². The maximum atomic E-state index is 13.5. The second-order valence-corrected chi connectivity index (χ2v) is 3.73. The molecule has 19 heavy (non-hydrogen) atoms. The van der Waals surface area contributed by atoms with E-state index in [-0.39, 0.29) is 5.56 Å². The van der Waals surface area contributed by atoms with Gasteiger partial charge in [0.15, 0.2) is 5.78 Å². The molecule has 1 aromatic heterocycles. The van der Waals surface area contributed by atoms with Crippen molar-refractivity contribution in [1.29, 1.82) is 0 Å². The van der Waals surface area contributed by atoms with Crippen LogP contribution in [-0.2, 0) is 6.18 Å². The molecule has 6 heteroatoms. The number of ketones is 1. The predicted molar refractivity (Wildman–Crippen MR) is 59.1 cm³/mol. The van der Waals surface area contributed by atoms with Gasteiger partial charge in [-0.3, -0.25) is 4.79 Å². The fourth-order valence-electron chi connectivity index (χ4n) is 1.51. The molecule has 1 heterocycles. The first-order chi connectivity index (χ1) is 8.89. The molecule has 0 atom stereocenters. The molecule has 0 saturated carbocycles. The molecule has 0 amide bonds. The summed E-state index contributed by atoms with van der Waals surface area (Å²) in [6.07, 6.45) is -4.74. The molecule has 2 rings (SSSR count). The average molecular weight is 269 g/mol. The first kappa shape index (κ1) is 13.2. The summed E-state index contributed by atoms with van der Waals surface area (Å²) in [6, 6.07) is 9.07. The van der Waals surface area contributed by atoms with Gasteiger partial charge >= 0.3 is 6.18 Å². The van der Waals surface area contributed by atoms with E-state index in [9.17, 15) is 22.4 Å². The van der Waals surface area contributed by atoms with Gasteiger partial charge in [0.25, 0.3) is 0 Å². The summed E-state index contributed by atoms with van der Waals surface area (Å²) in [5.74, 6) is -2.14. The van der Waals surface area contributed by atoms with E-state index in [1.807, 2.05) is 0 Å². The summed E-state index contributed by atoms with van der Waals surface area (Å²) in [4.78, 5) is 14.6. The molecule has 0 N–H and O–H groups in total. The molecular formula is C13H7F4NO. The lowest BCUT2D eigenvalue weighted by Gasteiger charge is -2.07. The molecule has 0 unspecified atom stereocenters. The number of hydrogen-bond acceptors (Lipinski definition) is 2. The number of pyridine rings is 1. The van der Waals surface area contributed by atoms with Crippen molar-refractivity contribution in [3.05, 3.63) is 65.2 Å². The molecular weight excluding hydrogens is 262 g/mol. The van der Waals surface area contributed by atoms with Gasteiger partial charge < -0.3 is 0 Å². The van der Waals surface area contributed by atoms with Gasteiger partial charge in [0.05, 0.1) is 5.56 Å². The Kier molecular flexibility index (Phi) is 3.33. The Labute approximate surface area is 105 Å². The van der Waals surface area contributed by atoms with Gasteiger partial charge in [0.2, 0.25) is 5.95 Å². The normalized spacial score (nSPS) is 11.4. The van der Waals surface area contributed by atoms with Crippen LogP contribution in [0.1, 0.15) is 21.6 Å². The third-order valence-corrected chi connectivity index (χ3v) is 2.42. The first-order valence-corrected chi connectivity index (χ1v) is 5.23. The van der Waals surface area contributed by atoms with Gasteiger partial charge in [0.1, 0.15) is 5.69 Å². The number of halogens is 4. The van der Waals surface area contributed by atoms with E-state index in [1.54, 1.807) is 18.2 Å². The second kappa shape index (κ2) is 4.79. The van der Waals surface area contributed by atoms with E-state index >= 15 is 0 Å².